The molecule has 1 saturated heterocycles. The maximum Gasteiger partial charge on any atom is 0.0900 e. The lowest BCUT2D eigenvalue weighted by atomic mass is 10.1. The fourth-order valence-electron chi connectivity index (χ4n) is 2.46. The van der Waals surface area contributed by atoms with Gasteiger partial charge in [0.1, 0.15) is 0 Å². The fourth-order valence-corrected chi connectivity index (χ4v) is 2.46. The van der Waals surface area contributed by atoms with Crippen molar-refractivity contribution in [1.29, 1.82) is 0 Å². The molecule has 0 spiro atoms. The van der Waals surface area contributed by atoms with Crippen LogP contribution in [-0.2, 0) is 4.74 Å². The molecule has 0 aromatic rings. The molecule has 0 aromatic carbocycles. The van der Waals surface area contributed by atoms with Crippen LogP contribution in [-0.4, -0.2) is 61.5 Å². The van der Waals surface area contributed by atoms with Gasteiger partial charge in [-0.25, -0.2) is 0 Å². The molecular weight excluding hydrogens is 240 g/mol. The topological polar surface area (TPSA) is 44.7 Å². The largest absolute Gasteiger partial charge is 0.389 e. The van der Waals surface area contributed by atoms with Crippen molar-refractivity contribution >= 4 is 0 Å². The van der Waals surface area contributed by atoms with E-state index in [1.165, 1.54) is 25.7 Å². The molecule has 2 unspecified atom stereocenters. The van der Waals surface area contributed by atoms with Crippen molar-refractivity contribution in [2.45, 2.75) is 58.2 Å². The zero-order chi connectivity index (χ0) is 13.9. The van der Waals surface area contributed by atoms with Crippen LogP contribution in [0.2, 0.25) is 0 Å². The smallest absolute Gasteiger partial charge is 0.0900 e. The Labute approximate surface area is 118 Å². The van der Waals surface area contributed by atoms with Crippen LogP contribution in [0.15, 0.2) is 0 Å². The summed E-state index contributed by atoms with van der Waals surface area (Å²) in [5.74, 6) is 0. The van der Waals surface area contributed by atoms with E-state index in [2.05, 4.69) is 24.1 Å². The molecule has 1 heterocycles. The van der Waals surface area contributed by atoms with Crippen LogP contribution in [0.1, 0.15) is 46.0 Å². The van der Waals surface area contributed by atoms with Crippen molar-refractivity contribution in [2.24, 2.45) is 0 Å². The van der Waals surface area contributed by atoms with Crippen molar-refractivity contribution in [3.05, 3.63) is 0 Å². The number of piperazine rings is 1. The van der Waals surface area contributed by atoms with Gasteiger partial charge in [0.15, 0.2) is 0 Å². The summed E-state index contributed by atoms with van der Waals surface area (Å²) < 4.78 is 5.73. The molecule has 1 aliphatic heterocycles. The number of nitrogens with one attached hydrogen (secondary N) is 1. The summed E-state index contributed by atoms with van der Waals surface area (Å²) in [6.45, 7) is 9.68. The monoisotopic (exact) mass is 272 g/mol. The Balaban J connectivity index is 2.00. The molecule has 114 valence electrons. The zero-order valence-corrected chi connectivity index (χ0v) is 12.7. The summed E-state index contributed by atoms with van der Waals surface area (Å²) >= 11 is 0. The molecule has 0 aromatic heterocycles. The molecule has 1 fully saturated rings. The number of aliphatic hydroxyl groups excluding tert-OH is 1. The Morgan fingerprint density at radius 1 is 1.21 bits per heavy atom. The van der Waals surface area contributed by atoms with Gasteiger partial charge in [0.25, 0.3) is 0 Å². The van der Waals surface area contributed by atoms with Gasteiger partial charge in [0.2, 0.25) is 0 Å². The molecule has 0 bridgehead atoms. The second-order valence-corrected chi connectivity index (χ2v) is 5.70. The van der Waals surface area contributed by atoms with Crippen molar-refractivity contribution in [2.75, 3.05) is 39.3 Å². The van der Waals surface area contributed by atoms with E-state index in [1.807, 2.05) is 0 Å². The standard InChI is InChI=1S/C15H32N2O2/c1-3-4-5-6-7-14(2)19-13-15(18)12-17-10-8-16-9-11-17/h14-16,18H,3-13H2,1-2H3. The molecule has 0 aliphatic carbocycles. The third-order valence-corrected chi connectivity index (χ3v) is 3.72. The molecule has 2 N–H and O–H groups in total. The highest BCUT2D eigenvalue weighted by atomic mass is 16.5. The van der Waals surface area contributed by atoms with E-state index >= 15 is 0 Å². The van der Waals surface area contributed by atoms with E-state index < -0.39 is 0 Å². The summed E-state index contributed by atoms with van der Waals surface area (Å²) in [6, 6.07) is 0. The van der Waals surface area contributed by atoms with E-state index in [4.69, 9.17) is 4.74 Å². The highest BCUT2D eigenvalue weighted by Gasteiger charge is 2.15. The Morgan fingerprint density at radius 3 is 2.63 bits per heavy atom. The quantitative estimate of drug-likeness (QED) is 0.593. The van der Waals surface area contributed by atoms with Crippen LogP contribution in [0.4, 0.5) is 0 Å². The first-order valence-electron chi connectivity index (χ1n) is 7.95. The summed E-state index contributed by atoms with van der Waals surface area (Å²) in [7, 11) is 0. The van der Waals surface area contributed by atoms with E-state index in [9.17, 15) is 5.11 Å². The van der Waals surface area contributed by atoms with Gasteiger partial charge in [-0.3, -0.25) is 4.90 Å². The molecule has 0 saturated carbocycles. The normalized spacial score (nSPS) is 20.4. The van der Waals surface area contributed by atoms with Gasteiger partial charge < -0.3 is 15.2 Å². The van der Waals surface area contributed by atoms with E-state index in [1.54, 1.807) is 0 Å². The van der Waals surface area contributed by atoms with Crippen molar-refractivity contribution in [1.82, 2.24) is 10.2 Å². The van der Waals surface area contributed by atoms with Crippen molar-refractivity contribution in [3.8, 4) is 0 Å². The van der Waals surface area contributed by atoms with Crippen molar-refractivity contribution in [3.63, 3.8) is 0 Å². The van der Waals surface area contributed by atoms with Crippen LogP contribution in [0, 0.1) is 0 Å². The average Bonchev–Trinajstić information content (AvgIpc) is 2.42. The second kappa shape index (κ2) is 10.6. The van der Waals surface area contributed by atoms with Crippen molar-refractivity contribution < 1.29 is 9.84 Å². The molecule has 2 atom stereocenters. The number of β-amino-alcohol motifs (C(OH)–C–C–N with tert-alkyl or cyclic N) is 1. The third kappa shape index (κ3) is 8.58. The maximum absolute atomic E-state index is 9.97. The molecule has 4 heteroatoms. The van der Waals surface area contributed by atoms with Gasteiger partial charge in [-0.1, -0.05) is 32.6 Å². The third-order valence-electron chi connectivity index (χ3n) is 3.72. The second-order valence-electron chi connectivity index (χ2n) is 5.70. The molecule has 1 rings (SSSR count). The highest BCUT2D eigenvalue weighted by Crippen LogP contribution is 2.08. The Bertz CT molecular complexity index is 208. The minimum Gasteiger partial charge on any atom is -0.389 e. The van der Waals surface area contributed by atoms with Crippen LogP contribution in [0.25, 0.3) is 0 Å². The first kappa shape index (κ1) is 16.9. The minimum absolute atomic E-state index is 0.273. The Hall–Kier alpha value is -0.160. The average molecular weight is 272 g/mol. The lowest BCUT2D eigenvalue weighted by molar-refractivity contribution is -0.0189. The van der Waals surface area contributed by atoms with Gasteiger partial charge in [-0.15, -0.1) is 0 Å². The molecule has 0 radical (unpaired) electrons. The van der Waals surface area contributed by atoms with Crippen LogP contribution in [0.5, 0.6) is 0 Å². The highest BCUT2D eigenvalue weighted by molar-refractivity contribution is 4.71. The Kier molecular flexibility index (Phi) is 9.43. The minimum atomic E-state index is -0.351. The number of hydrogen-bond donors (Lipinski definition) is 2. The Morgan fingerprint density at radius 2 is 1.95 bits per heavy atom. The SMILES string of the molecule is CCCCCCC(C)OCC(O)CN1CCNCC1. The van der Waals surface area contributed by atoms with Gasteiger partial charge in [-0.05, 0) is 13.3 Å². The lowest BCUT2D eigenvalue weighted by Gasteiger charge is -2.29. The fraction of sp³-hybridized carbons (Fsp3) is 1.00. The van der Waals surface area contributed by atoms with Crippen LogP contribution in [0.3, 0.4) is 0 Å². The molecule has 4 nitrogen and oxygen atoms in total. The van der Waals surface area contributed by atoms with Crippen LogP contribution >= 0.6 is 0 Å². The molecule has 1 aliphatic rings. The maximum atomic E-state index is 9.97. The summed E-state index contributed by atoms with van der Waals surface area (Å²) in [5, 5.41) is 13.3. The number of ether oxygens (including phenoxy) is 1. The number of aliphatic hydroxyl groups is 1. The zero-order valence-electron chi connectivity index (χ0n) is 12.7. The van der Waals surface area contributed by atoms with Gasteiger partial charge in [0, 0.05) is 32.7 Å². The molecule has 0 amide bonds. The number of unbranched alkanes of at least 4 members (excludes halogenated alkanes) is 3. The molecule has 19 heavy (non-hydrogen) atoms. The first-order valence-corrected chi connectivity index (χ1v) is 7.95. The predicted molar refractivity (Wildman–Crippen MR) is 79.5 cm³/mol. The van der Waals surface area contributed by atoms with Gasteiger partial charge in [0.05, 0.1) is 18.8 Å². The summed E-state index contributed by atoms with van der Waals surface area (Å²) in [4.78, 5) is 2.30. The van der Waals surface area contributed by atoms with E-state index in [-0.39, 0.29) is 12.2 Å². The first-order chi connectivity index (χ1) is 9.22. The summed E-state index contributed by atoms with van der Waals surface area (Å²) in [6.07, 6.45) is 6.17. The number of rotatable bonds is 10. The number of hydrogen-bond acceptors (Lipinski definition) is 4. The van der Waals surface area contributed by atoms with E-state index in [0.29, 0.717) is 6.61 Å². The number of nitrogens with zero attached hydrogens (tertiary/aromatic N) is 1. The van der Waals surface area contributed by atoms with Gasteiger partial charge >= 0.3 is 0 Å². The van der Waals surface area contributed by atoms with Crippen LogP contribution < -0.4 is 5.32 Å². The van der Waals surface area contributed by atoms with E-state index in [0.717, 1.165) is 39.1 Å². The van der Waals surface area contributed by atoms with Gasteiger partial charge in [-0.2, -0.15) is 0 Å². The predicted octanol–water partition coefficient (Wildman–Crippen LogP) is 1.63. The summed E-state index contributed by atoms with van der Waals surface area (Å²) in [5.41, 5.74) is 0. The molecular formula is C15H32N2O2. The lowest BCUT2D eigenvalue weighted by Crippen LogP contribution is -2.47.